The molecule has 6 heteroatoms. The van der Waals surface area contributed by atoms with Gasteiger partial charge >= 0.3 is 0 Å². The molecule has 122 valence electrons. The Morgan fingerprint density at radius 3 is 3.00 bits per heavy atom. The van der Waals surface area contributed by atoms with E-state index in [0.717, 1.165) is 39.7 Å². The minimum atomic E-state index is -0.0432. The highest BCUT2D eigenvalue weighted by Gasteiger charge is 2.18. The lowest BCUT2D eigenvalue weighted by Crippen LogP contribution is -2.34. The average molecular weight is 351 g/mol. The fourth-order valence-electron chi connectivity index (χ4n) is 2.72. The van der Waals surface area contributed by atoms with Crippen LogP contribution in [0.3, 0.4) is 0 Å². The van der Waals surface area contributed by atoms with E-state index in [-0.39, 0.29) is 11.9 Å². The minimum Gasteiger partial charge on any atom is -0.469 e. The van der Waals surface area contributed by atoms with Gasteiger partial charge < -0.3 is 14.3 Å². The maximum Gasteiger partial charge on any atom is 0.268 e. The normalized spacial score (nSPS) is 12.7. The van der Waals surface area contributed by atoms with Crippen molar-refractivity contribution in [1.29, 1.82) is 0 Å². The first kappa shape index (κ1) is 16.1. The third kappa shape index (κ3) is 3.46. The van der Waals surface area contributed by atoms with E-state index in [1.54, 1.807) is 6.26 Å². The number of amides is 1. The molecule has 3 aromatic heterocycles. The first-order chi connectivity index (χ1) is 11.1. The number of furan rings is 1. The number of nitrogens with one attached hydrogen (secondary N) is 1. The number of carbonyl (C=O) groups is 1. The summed E-state index contributed by atoms with van der Waals surface area (Å²) in [5, 5.41) is 3.07. The van der Waals surface area contributed by atoms with Gasteiger partial charge in [-0.25, -0.2) is 0 Å². The fourth-order valence-corrected chi connectivity index (χ4v) is 3.90. The van der Waals surface area contributed by atoms with Gasteiger partial charge in [0.1, 0.15) is 11.5 Å². The van der Waals surface area contributed by atoms with Crippen molar-refractivity contribution < 1.29 is 9.21 Å². The van der Waals surface area contributed by atoms with Crippen LogP contribution in [0.4, 0.5) is 0 Å². The van der Waals surface area contributed by atoms with E-state index in [2.05, 4.69) is 5.32 Å². The lowest BCUT2D eigenvalue weighted by Gasteiger charge is -2.14. The standard InChI is InChI=1S/C17H19ClN2O2S/c1-3-20-13-10-16(18)23-15(13)9-14(20)17(21)19-11(2)6-7-12-5-4-8-22-12/h4-5,8-11H,3,6-7H2,1-2H3,(H,19,21). The molecule has 0 aliphatic carbocycles. The largest absolute Gasteiger partial charge is 0.469 e. The van der Waals surface area contributed by atoms with Crippen molar-refractivity contribution in [3.63, 3.8) is 0 Å². The molecule has 0 radical (unpaired) electrons. The van der Waals surface area contributed by atoms with Crippen molar-refractivity contribution in [2.45, 2.75) is 39.3 Å². The Bertz CT molecular complexity index is 804. The van der Waals surface area contributed by atoms with Crippen LogP contribution in [0.25, 0.3) is 10.2 Å². The summed E-state index contributed by atoms with van der Waals surface area (Å²) in [6.07, 6.45) is 3.32. The molecular weight excluding hydrogens is 332 g/mol. The SMILES string of the molecule is CCn1c(C(=O)NC(C)CCc2ccco2)cc2sc(Cl)cc21. The second-order valence-corrected chi connectivity index (χ2v) is 7.28. The molecule has 0 aliphatic rings. The Hall–Kier alpha value is -1.72. The van der Waals surface area contributed by atoms with Crippen LogP contribution in [0.1, 0.15) is 36.5 Å². The predicted octanol–water partition coefficient (Wildman–Crippen LogP) is 4.72. The van der Waals surface area contributed by atoms with Crippen LogP contribution in [-0.2, 0) is 13.0 Å². The van der Waals surface area contributed by atoms with E-state index in [9.17, 15) is 4.79 Å². The quantitative estimate of drug-likeness (QED) is 0.699. The number of hydrogen-bond acceptors (Lipinski definition) is 3. The van der Waals surface area contributed by atoms with Gasteiger partial charge in [-0.05, 0) is 44.5 Å². The molecule has 0 saturated heterocycles. The number of nitrogens with zero attached hydrogens (tertiary/aromatic N) is 1. The van der Waals surface area contributed by atoms with Crippen molar-refractivity contribution in [3.8, 4) is 0 Å². The van der Waals surface area contributed by atoms with E-state index < -0.39 is 0 Å². The van der Waals surface area contributed by atoms with Crippen molar-refractivity contribution >= 4 is 39.1 Å². The van der Waals surface area contributed by atoms with E-state index in [1.165, 1.54) is 11.3 Å². The van der Waals surface area contributed by atoms with Crippen molar-refractivity contribution in [1.82, 2.24) is 9.88 Å². The van der Waals surface area contributed by atoms with Crippen LogP contribution >= 0.6 is 22.9 Å². The number of rotatable bonds is 6. The van der Waals surface area contributed by atoms with Gasteiger partial charge in [0, 0.05) is 19.0 Å². The molecule has 3 aromatic rings. The third-order valence-corrected chi connectivity index (χ3v) is 5.09. The summed E-state index contributed by atoms with van der Waals surface area (Å²) in [4.78, 5) is 12.6. The summed E-state index contributed by atoms with van der Waals surface area (Å²) >= 11 is 7.55. The highest BCUT2D eigenvalue weighted by atomic mass is 35.5. The van der Waals surface area contributed by atoms with Gasteiger partial charge in [-0.1, -0.05) is 11.6 Å². The second kappa shape index (κ2) is 6.81. The molecule has 0 bridgehead atoms. The molecule has 0 saturated carbocycles. The van der Waals surface area contributed by atoms with Crippen molar-refractivity contribution in [2.75, 3.05) is 0 Å². The molecule has 1 amide bonds. The first-order valence-corrected chi connectivity index (χ1v) is 8.89. The Morgan fingerprint density at radius 1 is 1.48 bits per heavy atom. The molecule has 0 aromatic carbocycles. The molecular formula is C17H19ClN2O2S. The Kier molecular flexibility index (Phi) is 4.78. The van der Waals surface area contributed by atoms with Crippen LogP contribution in [0.15, 0.2) is 34.9 Å². The Morgan fingerprint density at radius 2 is 2.30 bits per heavy atom. The number of halogens is 1. The monoisotopic (exact) mass is 350 g/mol. The van der Waals surface area contributed by atoms with Gasteiger partial charge in [0.25, 0.3) is 5.91 Å². The van der Waals surface area contributed by atoms with E-state index in [0.29, 0.717) is 5.69 Å². The smallest absolute Gasteiger partial charge is 0.268 e. The van der Waals surface area contributed by atoms with Crippen LogP contribution in [0.2, 0.25) is 4.34 Å². The predicted molar refractivity (Wildman–Crippen MR) is 94.5 cm³/mol. The molecule has 0 spiro atoms. The molecule has 1 N–H and O–H groups in total. The van der Waals surface area contributed by atoms with E-state index in [1.807, 2.05) is 42.7 Å². The number of hydrogen-bond donors (Lipinski definition) is 1. The summed E-state index contributed by atoms with van der Waals surface area (Å²) in [5.74, 6) is 0.900. The maximum atomic E-state index is 12.6. The van der Waals surface area contributed by atoms with Gasteiger partial charge in [-0.15, -0.1) is 11.3 Å². The van der Waals surface area contributed by atoms with Gasteiger partial charge in [-0.2, -0.15) is 0 Å². The zero-order valence-electron chi connectivity index (χ0n) is 13.1. The summed E-state index contributed by atoms with van der Waals surface area (Å²) in [5.41, 5.74) is 1.71. The van der Waals surface area contributed by atoms with Crippen molar-refractivity contribution in [3.05, 3.63) is 46.3 Å². The van der Waals surface area contributed by atoms with Gasteiger partial charge in [0.05, 0.1) is 20.8 Å². The van der Waals surface area contributed by atoms with E-state index in [4.69, 9.17) is 16.0 Å². The number of aromatic nitrogens is 1. The third-order valence-electron chi connectivity index (χ3n) is 3.89. The van der Waals surface area contributed by atoms with Crippen molar-refractivity contribution in [2.24, 2.45) is 0 Å². The van der Waals surface area contributed by atoms with Gasteiger partial charge in [0.15, 0.2) is 0 Å². The topological polar surface area (TPSA) is 47.2 Å². The molecule has 3 heterocycles. The second-order valence-electron chi connectivity index (χ2n) is 5.57. The number of carbonyl (C=O) groups excluding carboxylic acids is 1. The van der Waals surface area contributed by atoms with Crippen LogP contribution in [0, 0.1) is 0 Å². The Labute approximate surface area is 144 Å². The van der Waals surface area contributed by atoms with Crippen LogP contribution in [0.5, 0.6) is 0 Å². The van der Waals surface area contributed by atoms with Gasteiger partial charge in [0.2, 0.25) is 0 Å². The summed E-state index contributed by atoms with van der Waals surface area (Å²) < 4.78 is 9.12. The average Bonchev–Trinajstić information content (AvgIpc) is 3.20. The molecule has 3 rings (SSSR count). The Balaban J connectivity index is 1.68. The van der Waals surface area contributed by atoms with Gasteiger partial charge in [-0.3, -0.25) is 4.79 Å². The lowest BCUT2D eigenvalue weighted by molar-refractivity contribution is 0.0929. The molecule has 4 nitrogen and oxygen atoms in total. The highest BCUT2D eigenvalue weighted by molar-refractivity contribution is 7.22. The summed E-state index contributed by atoms with van der Waals surface area (Å²) in [6, 6.07) is 7.75. The molecule has 0 fully saturated rings. The lowest BCUT2D eigenvalue weighted by atomic mass is 10.1. The van der Waals surface area contributed by atoms with E-state index >= 15 is 0 Å². The van der Waals surface area contributed by atoms with Crippen LogP contribution in [-0.4, -0.2) is 16.5 Å². The minimum absolute atomic E-state index is 0.0432. The highest BCUT2D eigenvalue weighted by Crippen LogP contribution is 2.32. The molecule has 1 atom stereocenters. The number of fused-ring (bicyclic) bond motifs is 1. The zero-order valence-corrected chi connectivity index (χ0v) is 14.7. The zero-order chi connectivity index (χ0) is 16.4. The molecule has 1 unspecified atom stereocenters. The van der Waals surface area contributed by atoms with Crippen LogP contribution < -0.4 is 5.32 Å². The number of aryl methyl sites for hydroxylation is 2. The fraction of sp³-hybridized carbons (Fsp3) is 0.353. The molecule has 23 heavy (non-hydrogen) atoms. The summed E-state index contributed by atoms with van der Waals surface area (Å²) in [7, 11) is 0. The number of thiophene rings is 1. The first-order valence-electron chi connectivity index (χ1n) is 7.70. The molecule has 0 aliphatic heterocycles. The maximum absolute atomic E-state index is 12.6. The summed E-state index contributed by atoms with van der Waals surface area (Å²) in [6.45, 7) is 4.78.